The standard InChI is InChI=1S/C32H40N10O6/c33-23(13-19-15-38-24-5-2-1-4-22(19)24)28(44)41-26(12-18-7-9-21(43)10-8-18)29(45)42-27(14-20-16-36-17-39-20)30(46)40-25(31(47)48)6-3-11-37-32(34)35/h1-2,4-5,7-10,15-17,23,25-27,38,43H,3,6,11-14,33H2,(H,36,39)(H,40,46)(H,41,44)(H,42,45)(H,47,48)(H4,34,35,37). The summed E-state index contributed by atoms with van der Waals surface area (Å²) >= 11 is 0. The molecule has 0 fully saturated rings. The first-order valence-electron chi connectivity index (χ1n) is 15.2. The van der Waals surface area contributed by atoms with Crippen LogP contribution in [0.5, 0.6) is 5.75 Å². The van der Waals surface area contributed by atoms with Gasteiger partial charge in [-0.05, 0) is 48.6 Å². The third-order valence-electron chi connectivity index (χ3n) is 7.63. The highest BCUT2D eigenvalue weighted by molar-refractivity contribution is 5.94. The van der Waals surface area contributed by atoms with Gasteiger partial charge in [-0.25, -0.2) is 9.78 Å². The normalized spacial score (nSPS) is 13.5. The Morgan fingerprint density at radius 3 is 2.19 bits per heavy atom. The molecule has 0 aliphatic carbocycles. The summed E-state index contributed by atoms with van der Waals surface area (Å²) in [6.45, 7) is 0.164. The number of hydrogen-bond donors (Lipinski definition) is 10. The van der Waals surface area contributed by atoms with Gasteiger partial charge in [-0.2, -0.15) is 0 Å². The summed E-state index contributed by atoms with van der Waals surface area (Å²) in [6, 6.07) is 8.93. The minimum atomic E-state index is -1.29. The van der Waals surface area contributed by atoms with Gasteiger partial charge in [-0.3, -0.25) is 19.4 Å². The van der Waals surface area contributed by atoms with E-state index in [9.17, 15) is 29.4 Å². The van der Waals surface area contributed by atoms with Crippen LogP contribution < -0.4 is 33.2 Å². The number of carboxylic acid groups (broad SMARTS) is 1. The lowest BCUT2D eigenvalue weighted by molar-refractivity contribution is -0.142. The predicted molar refractivity (Wildman–Crippen MR) is 177 cm³/mol. The van der Waals surface area contributed by atoms with Crippen LogP contribution in [0.1, 0.15) is 29.7 Å². The Kier molecular flexibility index (Phi) is 12.1. The highest BCUT2D eigenvalue weighted by atomic mass is 16.4. The molecule has 48 heavy (non-hydrogen) atoms. The molecular formula is C32H40N10O6. The van der Waals surface area contributed by atoms with Crippen molar-refractivity contribution in [3.05, 3.63) is 84.1 Å². The first-order valence-corrected chi connectivity index (χ1v) is 15.2. The summed E-state index contributed by atoms with van der Waals surface area (Å²) in [5.74, 6) is -3.47. The van der Waals surface area contributed by atoms with E-state index in [-0.39, 0.29) is 50.4 Å². The molecule has 254 valence electrons. The quantitative estimate of drug-likeness (QED) is 0.0395. The van der Waals surface area contributed by atoms with E-state index in [1.165, 1.54) is 24.7 Å². The maximum Gasteiger partial charge on any atom is 0.326 e. The summed E-state index contributed by atoms with van der Waals surface area (Å²) in [5.41, 5.74) is 19.8. The van der Waals surface area contributed by atoms with E-state index in [1.54, 1.807) is 18.3 Å². The molecule has 0 aliphatic heterocycles. The number of aromatic hydroxyl groups is 1. The minimum Gasteiger partial charge on any atom is -0.508 e. The molecule has 4 aromatic rings. The van der Waals surface area contributed by atoms with E-state index >= 15 is 0 Å². The molecule has 16 nitrogen and oxygen atoms in total. The third kappa shape index (κ3) is 10.1. The molecule has 2 heterocycles. The topological polar surface area (TPSA) is 280 Å². The van der Waals surface area contributed by atoms with Gasteiger partial charge in [0, 0.05) is 48.4 Å². The number of nitrogens with zero attached hydrogens (tertiary/aromatic N) is 2. The molecule has 16 heteroatoms. The number of H-pyrrole nitrogens is 2. The predicted octanol–water partition coefficient (Wildman–Crippen LogP) is -0.456. The van der Waals surface area contributed by atoms with Gasteiger partial charge < -0.3 is 53.3 Å². The zero-order chi connectivity index (χ0) is 34.6. The van der Waals surface area contributed by atoms with Gasteiger partial charge in [-0.1, -0.05) is 30.3 Å². The van der Waals surface area contributed by atoms with Crippen LogP contribution in [0.2, 0.25) is 0 Å². The van der Waals surface area contributed by atoms with Crippen molar-refractivity contribution in [1.29, 1.82) is 0 Å². The lowest BCUT2D eigenvalue weighted by Crippen LogP contribution is -2.58. The summed E-state index contributed by atoms with van der Waals surface area (Å²) in [4.78, 5) is 66.4. The molecule has 0 saturated heterocycles. The number of phenols is 1. The van der Waals surface area contributed by atoms with E-state index < -0.39 is 47.9 Å². The SMILES string of the molecule is NC(N)=NCCCC(NC(=O)C(Cc1cnc[nH]1)NC(=O)C(Cc1ccc(O)cc1)NC(=O)C(N)Cc1c[nH]c2ccccc12)C(=O)O. The van der Waals surface area contributed by atoms with Gasteiger partial charge >= 0.3 is 5.97 Å². The van der Waals surface area contributed by atoms with Crippen LogP contribution in [0.25, 0.3) is 10.9 Å². The molecule has 0 saturated carbocycles. The van der Waals surface area contributed by atoms with E-state index in [4.69, 9.17) is 17.2 Å². The fourth-order valence-electron chi connectivity index (χ4n) is 5.12. The number of carbonyl (C=O) groups excluding carboxylic acids is 3. The summed E-state index contributed by atoms with van der Waals surface area (Å²) in [6.07, 6.45) is 5.07. The van der Waals surface area contributed by atoms with Crippen LogP contribution >= 0.6 is 0 Å². The van der Waals surface area contributed by atoms with E-state index in [2.05, 4.69) is 35.9 Å². The molecule has 0 spiro atoms. The van der Waals surface area contributed by atoms with Crippen molar-refractivity contribution < 1.29 is 29.4 Å². The van der Waals surface area contributed by atoms with Gasteiger partial charge in [0.25, 0.3) is 0 Å². The highest BCUT2D eigenvalue weighted by Crippen LogP contribution is 2.19. The maximum atomic E-state index is 13.8. The fraction of sp³-hybridized carbons (Fsp3) is 0.312. The number of guanidine groups is 1. The van der Waals surface area contributed by atoms with Crippen molar-refractivity contribution in [3.63, 3.8) is 0 Å². The molecular weight excluding hydrogens is 620 g/mol. The Balaban J connectivity index is 1.51. The zero-order valence-corrected chi connectivity index (χ0v) is 26.1. The molecule has 4 atom stereocenters. The van der Waals surface area contributed by atoms with Crippen LogP contribution in [0.4, 0.5) is 0 Å². The number of para-hydroxylation sites is 1. The van der Waals surface area contributed by atoms with Crippen LogP contribution in [0.15, 0.2) is 72.2 Å². The number of imidazole rings is 1. The first kappa shape index (κ1) is 35.0. The summed E-state index contributed by atoms with van der Waals surface area (Å²) in [5, 5.41) is 28.3. The number of aromatic nitrogens is 3. The minimum absolute atomic E-state index is 0.00139. The molecule has 13 N–H and O–H groups in total. The number of nitrogens with one attached hydrogen (secondary N) is 5. The molecule has 0 aliphatic rings. The number of rotatable bonds is 17. The number of nitrogens with two attached hydrogens (primary N) is 3. The largest absolute Gasteiger partial charge is 0.508 e. The first-order chi connectivity index (χ1) is 23.0. The molecule has 4 rings (SSSR count). The second kappa shape index (κ2) is 16.6. The van der Waals surface area contributed by atoms with Crippen LogP contribution in [0, 0.1) is 0 Å². The lowest BCUT2D eigenvalue weighted by Gasteiger charge is -2.25. The second-order valence-electron chi connectivity index (χ2n) is 11.3. The Bertz CT molecular complexity index is 1720. The van der Waals surface area contributed by atoms with Crippen LogP contribution in [-0.4, -0.2) is 85.5 Å². The molecule has 0 radical (unpaired) electrons. The van der Waals surface area contributed by atoms with Gasteiger partial charge in [-0.15, -0.1) is 0 Å². The second-order valence-corrected chi connectivity index (χ2v) is 11.3. The monoisotopic (exact) mass is 660 g/mol. The number of aromatic amines is 2. The van der Waals surface area contributed by atoms with E-state index in [0.717, 1.165) is 16.5 Å². The third-order valence-corrected chi connectivity index (χ3v) is 7.63. The summed E-state index contributed by atoms with van der Waals surface area (Å²) in [7, 11) is 0. The van der Waals surface area contributed by atoms with Crippen molar-refractivity contribution in [3.8, 4) is 5.75 Å². The number of phenolic OH excluding ortho intramolecular Hbond substituents is 1. The van der Waals surface area contributed by atoms with Crippen LogP contribution in [0.3, 0.4) is 0 Å². The average Bonchev–Trinajstić information content (AvgIpc) is 3.72. The van der Waals surface area contributed by atoms with Gasteiger partial charge in [0.1, 0.15) is 23.9 Å². The Hall–Kier alpha value is -5.90. The van der Waals surface area contributed by atoms with Crippen molar-refractivity contribution >= 4 is 40.6 Å². The molecule has 2 aromatic carbocycles. The number of hydrogen-bond acceptors (Lipinski definition) is 8. The average molecular weight is 661 g/mol. The van der Waals surface area contributed by atoms with Crippen molar-refractivity contribution in [2.24, 2.45) is 22.2 Å². The van der Waals surface area contributed by atoms with Gasteiger partial charge in [0.2, 0.25) is 17.7 Å². The number of amides is 3. The Labute approximate surface area is 275 Å². The van der Waals surface area contributed by atoms with Crippen molar-refractivity contribution in [2.45, 2.75) is 56.3 Å². The van der Waals surface area contributed by atoms with Crippen LogP contribution in [-0.2, 0) is 38.4 Å². The molecule has 3 amide bonds. The number of benzene rings is 2. The number of fused-ring (bicyclic) bond motifs is 1. The molecule has 4 unspecified atom stereocenters. The Morgan fingerprint density at radius 2 is 1.52 bits per heavy atom. The zero-order valence-electron chi connectivity index (χ0n) is 26.1. The van der Waals surface area contributed by atoms with Gasteiger partial charge in [0.05, 0.1) is 12.4 Å². The number of carbonyl (C=O) groups is 4. The molecule has 2 aromatic heterocycles. The Morgan fingerprint density at radius 1 is 0.854 bits per heavy atom. The maximum absolute atomic E-state index is 13.8. The van der Waals surface area contributed by atoms with E-state index in [0.29, 0.717) is 11.3 Å². The fourth-order valence-corrected chi connectivity index (χ4v) is 5.12. The molecule has 0 bridgehead atoms. The lowest BCUT2D eigenvalue weighted by atomic mass is 10.0. The van der Waals surface area contributed by atoms with E-state index in [1.807, 2.05) is 24.3 Å². The number of carboxylic acids is 1. The van der Waals surface area contributed by atoms with Gasteiger partial charge in [0.15, 0.2) is 5.96 Å². The highest BCUT2D eigenvalue weighted by Gasteiger charge is 2.31. The van der Waals surface area contributed by atoms with Crippen molar-refractivity contribution in [2.75, 3.05) is 6.54 Å². The smallest absolute Gasteiger partial charge is 0.326 e. The number of aliphatic carboxylic acids is 1. The summed E-state index contributed by atoms with van der Waals surface area (Å²) < 4.78 is 0. The number of aliphatic imine (C=N–C) groups is 1. The van der Waals surface area contributed by atoms with Crippen molar-refractivity contribution in [1.82, 2.24) is 30.9 Å².